The molecule has 1 aliphatic heterocycles. The molecule has 0 aliphatic carbocycles. The van der Waals surface area contributed by atoms with Gasteiger partial charge in [0.25, 0.3) is 0 Å². The van der Waals surface area contributed by atoms with Crippen LogP contribution in [-0.4, -0.2) is 39.4 Å². The van der Waals surface area contributed by atoms with E-state index in [1.165, 1.54) is 11.3 Å². The van der Waals surface area contributed by atoms with E-state index in [0.29, 0.717) is 23.9 Å². The van der Waals surface area contributed by atoms with Gasteiger partial charge in [-0.1, -0.05) is 0 Å². The topological polar surface area (TPSA) is 49.4 Å². The van der Waals surface area contributed by atoms with Crippen molar-refractivity contribution in [3.8, 4) is 0 Å². The molecule has 1 fully saturated rings. The number of nitrogens with one attached hydrogen (secondary N) is 1. The summed E-state index contributed by atoms with van der Waals surface area (Å²) in [6, 6.07) is 1.72. The zero-order valence-electron chi connectivity index (χ0n) is 11.1. The fraction of sp³-hybridized carbons (Fsp3) is 0.667. The molecule has 1 atom stereocenters. The molecule has 108 valence electrons. The van der Waals surface area contributed by atoms with Crippen molar-refractivity contribution >= 4 is 37.3 Å². The van der Waals surface area contributed by atoms with E-state index >= 15 is 0 Å². The molecule has 1 aromatic heterocycles. The molecular formula is C12H19BrN2O2S2. The lowest BCUT2D eigenvalue weighted by atomic mass is 10.00. The van der Waals surface area contributed by atoms with E-state index in [2.05, 4.69) is 21.2 Å². The molecule has 0 amide bonds. The van der Waals surface area contributed by atoms with Crippen molar-refractivity contribution in [1.29, 1.82) is 0 Å². The number of piperidine rings is 1. The predicted molar refractivity (Wildman–Crippen MR) is 82.2 cm³/mol. The average Bonchev–Trinajstić information content (AvgIpc) is 2.70. The van der Waals surface area contributed by atoms with Gasteiger partial charge in [0.2, 0.25) is 10.0 Å². The molecule has 0 unspecified atom stereocenters. The minimum absolute atomic E-state index is 0.413. The molecule has 2 heterocycles. The largest absolute Gasteiger partial charge is 0.319 e. The van der Waals surface area contributed by atoms with E-state index in [4.69, 9.17) is 0 Å². The summed E-state index contributed by atoms with van der Waals surface area (Å²) in [5.74, 6) is 0.413. The lowest BCUT2D eigenvalue weighted by Gasteiger charge is -2.31. The monoisotopic (exact) mass is 366 g/mol. The lowest BCUT2D eigenvalue weighted by molar-refractivity contribution is 0.263. The summed E-state index contributed by atoms with van der Waals surface area (Å²) >= 11 is 4.83. The second-order valence-electron chi connectivity index (χ2n) is 4.90. The molecule has 0 radical (unpaired) electrons. The van der Waals surface area contributed by atoms with Crippen LogP contribution in [-0.2, 0) is 10.0 Å². The Hall–Kier alpha value is 0.0500. The standard InChI is InChI=1S/C12H19BrN2O2S2/c1-9-11(6-12(13)18-9)19(16,17)15-5-3-4-10(8-15)7-14-2/h6,10,14H,3-5,7-8H2,1-2H3/t10-/m0/s1. The summed E-state index contributed by atoms with van der Waals surface area (Å²) in [7, 11) is -1.43. The number of thiophene rings is 1. The summed E-state index contributed by atoms with van der Waals surface area (Å²) in [5, 5.41) is 3.14. The normalized spacial score (nSPS) is 21.7. The molecule has 1 N–H and O–H groups in total. The number of nitrogens with zero attached hydrogens (tertiary/aromatic N) is 1. The smallest absolute Gasteiger partial charge is 0.244 e. The van der Waals surface area contributed by atoms with Gasteiger partial charge >= 0.3 is 0 Å². The summed E-state index contributed by atoms with van der Waals surface area (Å²) in [5.41, 5.74) is 0. The summed E-state index contributed by atoms with van der Waals surface area (Å²) < 4.78 is 27.8. The van der Waals surface area contributed by atoms with Gasteiger partial charge in [-0.25, -0.2) is 8.42 Å². The maximum Gasteiger partial charge on any atom is 0.244 e. The Bertz CT molecular complexity index is 540. The van der Waals surface area contributed by atoms with Gasteiger partial charge in [0.1, 0.15) is 0 Å². The van der Waals surface area contributed by atoms with E-state index in [9.17, 15) is 8.42 Å². The number of hydrogen-bond acceptors (Lipinski definition) is 4. The lowest BCUT2D eigenvalue weighted by Crippen LogP contribution is -2.42. The first-order valence-corrected chi connectivity index (χ1v) is 9.40. The van der Waals surface area contributed by atoms with Gasteiger partial charge in [0.15, 0.2) is 0 Å². The van der Waals surface area contributed by atoms with Crippen LogP contribution in [0.3, 0.4) is 0 Å². The molecule has 0 saturated carbocycles. The summed E-state index contributed by atoms with van der Waals surface area (Å²) in [6.45, 7) is 3.99. The van der Waals surface area contributed by atoms with Crippen molar-refractivity contribution in [3.63, 3.8) is 0 Å². The highest BCUT2D eigenvalue weighted by Crippen LogP contribution is 2.33. The zero-order valence-corrected chi connectivity index (χ0v) is 14.4. The Morgan fingerprint density at radius 1 is 1.58 bits per heavy atom. The summed E-state index contributed by atoms with van der Waals surface area (Å²) in [4.78, 5) is 1.30. The van der Waals surface area contributed by atoms with Gasteiger partial charge in [-0.3, -0.25) is 0 Å². The Morgan fingerprint density at radius 2 is 2.32 bits per heavy atom. The minimum atomic E-state index is -3.34. The molecular weight excluding hydrogens is 348 g/mol. The fourth-order valence-electron chi connectivity index (χ4n) is 2.53. The van der Waals surface area contributed by atoms with Crippen LogP contribution in [0.5, 0.6) is 0 Å². The average molecular weight is 367 g/mol. The molecule has 19 heavy (non-hydrogen) atoms. The van der Waals surface area contributed by atoms with E-state index in [1.54, 1.807) is 10.4 Å². The maximum atomic E-state index is 12.7. The van der Waals surface area contributed by atoms with Gasteiger partial charge in [-0.15, -0.1) is 11.3 Å². The second kappa shape index (κ2) is 6.22. The third-order valence-electron chi connectivity index (χ3n) is 3.43. The zero-order chi connectivity index (χ0) is 14.0. The quantitative estimate of drug-likeness (QED) is 0.889. The Morgan fingerprint density at radius 3 is 2.89 bits per heavy atom. The predicted octanol–water partition coefficient (Wildman–Crippen LogP) is 2.44. The molecule has 0 spiro atoms. The molecule has 0 bridgehead atoms. The number of hydrogen-bond donors (Lipinski definition) is 1. The molecule has 7 heteroatoms. The van der Waals surface area contributed by atoms with Crippen molar-refractivity contribution < 1.29 is 8.42 Å². The first-order valence-electron chi connectivity index (χ1n) is 6.36. The van der Waals surface area contributed by atoms with E-state index < -0.39 is 10.0 Å². The first-order chi connectivity index (χ1) is 8.95. The van der Waals surface area contributed by atoms with Crippen molar-refractivity contribution in [2.24, 2.45) is 5.92 Å². The van der Waals surface area contributed by atoms with Crippen LogP contribution in [0.1, 0.15) is 17.7 Å². The fourth-order valence-corrected chi connectivity index (χ4v) is 6.46. The van der Waals surface area contributed by atoms with Crippen molar-refractivity contribution in [3.05, 3.63) is 14.7 Å². The van der Waals surface area contributed by atoms with Crippen LogP contribution in [0, 0.1) is 12.8 Å². The number of sulfonamides is 1. The van der Waals surface area contributed by atoms with Crippen molar-refractivity contribution in [1.82, 2.24) is 9.62 Å². The van der Waals surface area contributed by atoms with E-state index in [0.717, 1.165) is 28.0 Å². The van der Waals surface area contributed by atoms with Crippen LogP contribution in [0.2, 0.25) is 0 Å². The van der Waals surface area contributed by atoms with Crippen molar-refractivity contribution in [2.45, 2.75) is 24.7 Å². The molecule has 0 aromatic carbocycles. The third kappa shape index (κ3) is 3.39. The first kappa shape index (κ1) is 15.4. The Kier molecular flexibility index (Phi) is 5.05. The van der Waals surface area contributed by atoms with Crippen LogP contribution < -0.4 is 5.32 Å². The number of aryl methyl sites for hydroxylation is 1. The van der Waals surface area contributed by atoms with Crippen LogP contribution in [0.4, 0.5) is 0 Å². The molecule has 1 saturated heterocycles. The second-order valence-corrected chi connectivity index (χ2v) is 9.44. The Labute approximate surface area is 127 Å². The van der Waals surface area contributed by atoms with Gasteiger partial charge < -0.3 is 5.32 Å². The molecule has 2 rings (SSSR count). The van der Waals surface area contributed by atoms with Gasteiger partial charge in [0.05, 0.1) is 8.68 Å². The summed E-state index contributed by atoms with van der Waals surface area (Å²) in [6.07, 6.45) is 2.04. The maximum absolute atomic E-state index is 12.7. The van der Waals surface area contributed by atoms with E-state index in [1.807, 2.05) is 14.0 Å². The van der Waals surface area contributed by atoms with Gasteiger partial charge in [-0.2, -0.15) is 4.31 Å². The highest BCUT2D eigenvalue weighted by atomic mass is 79.9. The minimum Gasteiger partial charge on any atom is -0.319 e. The molecule has 1 aromatic rings. The highest BCUT2D eigenvalue weighted by molar-refractivity contribution is 9.11. The van der Waals surface area contributed by atoms with Crippen molar-refractivity contribution in [2.75, 3.05) is 26.7 Å². The third-order valence-corrected chi connectivity index (χ3v) is 7.11. The van der Waals surface area contributed by atoms with Gasteiger partial charge in [0, 0.05) is 18.0 Å². The van der Waals surface area contributed by atoms with Crippen LogP contribution in [0.25, 0.3) is 0 Å². The van der Waals surface area contributed by atoms with E-state index in [-0.39, 0.29) is 0 Å². The number of halogens is 1. The Balaban J connectivity index is 2.22. The number of rotatable bonds is 4. The van der Waals surface area contributed by atoms with Crippen LogP contribution >= 0.6 is 27.3 Å². The van der Waals surface area contributed by atoms with Gasteiger partial charge in [-0.05, 0) is 61.3 Å². The van der Waals surface area contributed by atoms with Crippen LogP contribution in [0.15, 0.2) is 14.7 Å². The molecule has 4 nitrogen and oxygen atoms in total. The highest BCUT2D eigenvalue weighted by Gasteiger charge is 2.31. The molecule has 1 aliphatic rings. The SMILES string of the molecule is CNC[C@@H]1CCCN(S(=O)(=O)c2cc(Br)sc2C)C1.